The molecule has 13 heavy (non-hydrogen) atoms. The molecule has 1 aliphatic heterocycles. The number of benzene rings is 1. The molecule has 0 radical (unpaired) electrons. The van der Waals surface area contributed by atoms with Gasteiger partial charge in [-0.15, -0.1) is 11.8 Å². The van der Waals surface area contributed by atoms with Gasteiger partial charge in [-0.05, 0) is 19.1 Å². The molecule has 0 unspecified atom stereocenters. The molecule has 0 atom stereocenters. The van der Waals surface area contributed by atoms with E-state index < -0.39 is 0 Å². The number of carbonyl (C=O) groups excluding carboxylic acids is 1. The van der Waals surface area contributed by atoms with Crippen molar-refractivity contribution in [2.24, 2.45) is 0 Å². The number of para-hydroxylation sites is 1. The number of rotatable bonds is 1. The fourth-order valence-corrected chi connectivity index (χ4v) is 2.44. The van der Waals surface area contributed by atoms with Crippen LogP contribution in [0.25, 0.3) is 0 Å². The molecular weight excluding hydrogens is 182 g/mol. The second-order valence-electron chi connectivity index (χ2n) is 2.89. The van der Waals surface area contributed by atoms with Gasteiger partial charge in [-0.1, -0.05) is 12.1 Å². The highest BCUT2D eigenvalue weighted by atomic mass is 32.2. The van der Waals surface area contributed by atoms with Crippen molar-refractivity contribution in [3.05, 3.63) is 24.3 Å². The summed E-state index contributed by atoms with van der Waals surface area (Å²) in [5.41, 5.74) is 1.06. The van der Waals surface area contributed by atoms with Crippen LogP contribution in [-0.2, 0) is 4.79 Å². The Morgan fingerprint density at radius 1 is 1.46 bits per heavy atom. The molecule has 0 saturated carbocycles. The second-order valence-corrected chi connectivity index (χ2v) is 3.91. The number of amides is 1. The SMILES string of the molecule is CCN1C(=O)CSc2ccccc21. The summed E-state index contributed by atoms with van der Waals surface area (Å²) in [6, 6.07) is 8.05. The smallest absolute Gasteiger partial charge is 0.237 e. The predicted octanol–water partition coefficient (Wildman–Crippen LogP) is 2.15. The number of nitrogens with zero attached hydrogens (tertiary/aromatic N) is 1. The van der Waals surface area contributed by atoms with E-state index in [0.29, 0.717) is 5.75 Å². The minimum atomic E-state index is 0.214. The standard InChI is InChI=1S/C10H11NOS/c1-2-11-8-5-3-4-6-9(8)13-7-10(11)12/h3-6H,2,7H2,1H3. The van der Waals surface area contributed by atoms with Gasteiger partial charge in [0, 0.05) is 11.4 Å². The van der Waals surface area contributed by atoms with Crippen LogP contribution in [0.5, 0.6) is 0 Å². The third kappa shape index (κ3) is 1.44. The molecule has 0 aliphatic carbocycles. The molecule has 1 amide bonds. The quantitative estimate of drug-likeness (QED) is 0.681. The van der Waals surface area contributed by atoms with Crippen molar-refractivity contribution in [2.45, 2.75) is 11.8 Å². The molecule has 2 rings (SSSR count). The highest BCUT2D eigenvalue weighted by Gasteiger charge is 2.22. The van der Waals surface area contributed by atoms with Crippen LogP contribution in [0.2, 0.25) is 0 Å². The summed E-state index contributed by atoms with van der Waals surface area (Å²) < 4.78 is 0. The first-order valence-electron chi connectivity index (χ1n) is 4.35. The first-order chi connectivity index (χ1) is 6.33. The van der Waals surface area contributed by atoms with Crippen molar-refractivity contribution in [1.82, 2.24) is 0 Å². The molecule has 1 aromatic carbocycles. The van der Waals surface area contributed by atoms with E-state index >= 15 is 0 Å². The third-order valence-corrected chi connectivity index (χ3v) is 3.17. The Balaban J connectivity index is 2.45. The lowest BCUT2D eigenvalue weighted by atomic mass is 10.3. The van der Waals surface area contributed by atoms with Gasteiger partial charge in [0.1, 0.15) is 0 Å². The minimum Gasteiger partial charge on any atom is -0.311 e. The maximum absolute atomic E-state index is 11.5. The summed E-state index contributed by atoms with van der Waals surface area (Å²) in [4.78, 5) is 14.5. The minimum absolute atomic E-state index is 0.214. The van der Waals surface area contributed by atoms with Gasteiger partial charge in [-0.2, -0.15) is 0 Å². The van der Waals surface area contributed by atoms with E-state index in [4.69, 9.17) is 0 Å². The van der Waals surface area contributed by atoms with Crippen molar-refractivity contribution in [3.63, 3.8) is 0 Å². The first-order valence-corrected chi connectivity index (χ1v) is 5.33. The van der Waals surface area contributed by atoms with Crippen LogP contribution in [0.15, 0.2) is 29.2 Å². The molecule has 1 aromatic rings. The van der Waals surface area contributed by atoms with Crippen LogP contribution in [-0.4, -0.2) is 18.2 Å². The number of thioether (sulfide) groups is 1. The summed E-state index contributed by atoms with van der Waals surface area (Å²) in [6.07, 6.45) is 0. The Bertz CT molecular complexity index is 337. The summed E-state index contributed by atoms with van der Waals surface area (Å²) in [5.74, 6) is 0.788. The summed E-state index contributed by atoms with van der Waals surface area (Å²) >= 11 is 1.62. The van der Waals surface area contributed by atoms with E-state index in [1.54, 1.807) is 11.8 Å². The number of hydrogen-bond donors (Lipinski definition) is 0. The normalized spacial score (nSPS) is 15.8. The Kier molecular flexibility index (Phi) is 2.27. The zero-order valence-electron chi connectivity index (χ0n) is 7.49. The Labute approximate surface area is 81.9 Å². The van der Waals surface area contributed by atoms with Gasteiger partial charge in [-0.25, -0.2) is 0 Å². The van der Waals surface area contributed by atoms with Crippen molar-refractivity contribution in [2.75, 3.05) is 17.2 Å². The van der Waals surface area contributed by atoms with E-state index in [1.165, 1.54) is 4.90 Å². The summed E-state index contributed by atoms with van der Waals surface area (Å²) in [6.45, 7) is 2.76. The molecule has 0 N–H and O–H groups in total. The molecule has 3 heteroatoms. The number of carbonyl (C=O) groups is 1. The van der Waals surface area contributed by atoms with Crippen molar-refractivity contribution in [3.8, 4) is 0 Å². The molecule has 0 bridgehead atoms. The van der Waals surface area contributed by atoms with Gasteiger partial charge in [0.2, 0.25) is 5.91 Å². The number of anilines is 1. The lowest BCUT2D eigenvalue weighted by Gasteiger charge is -2.27. The Morgan fingerprint density at radius 3 is 3.00 bits per heavy atom. The maximum Gasteiger partial charge on any atom is 0.237 e. The molecule has 2 nitrogen and oxygen atoms in total. The van der Waals surface area contributed by atoms with Gasteiger partial charge in [0.15, 0.2) is 0 Å². The molecule has 0 spiro atoms. The summed E-state index contributed by atoms with van der Waals surface area (Å²) in [7, 11) is 0. The van der Waals surface area contributed by atoms with E-state index in [-0.39, 0.29) is 5.91 Å². The molecule has 68 valence electrons. The van der Waals surface area contributed by atoms with Crippen LogP contribution in [0.3, 0.4) is 0 Å². The van der Waals surface area contributed by atoms with Gasteiger partial charge < -0.3 is 4.90 Å². The molecule has 1 aliphatic rings. The van der Waals surface area contributed by atoms with Crippen LogP contribution in [0.1, 0.15) is 6.92 Å². The van der Waals surface area contributed by atoms with E-state index in [9.17, 15) is 4.79 Å². The zero-order chi connectivity index (χ0) is 9.26. The summed E-state index contributed by atoms with van der Waals surface area (Å²) in [5, 5.41) is 0. The fourth-order valence-electron chi connectivity index (χ4n) is 1.50. The van der Waals surface area contributed by atoms with Crippen molar-refractivity contribution in [1.29, 1.82) is 0 Å². The first kappa shape index (κ1) is 8.63. The lowest BCUT2D eigenvalue weighted by molar-refractivity contribution is -0.116. The van der Waals surface area contributed by atoms with E-state index in [2.05, 4.69) is 6.07 Å². The van der Waals surface area contributed by atoms with Gasteiger partial charge in [0.05, 0.1) is 11.4 Å². The largest absolute Gasteiger partial charge is 0.311 e. The average molecular weight is 193 g/mol. The number of hydrogen-bond acceptors (Lipinski definition) is 2. The Hall–Kier alpha value is -0.960. The number of fused-ring (bicyclic) bond motifs is 1. The molecule has 1 heterocycles. The topological polar surface area (TPSA) is 20.3 Å². The van der Waals surface area contributed by atoms with Crippen LogP contribution in [0, 0.1) is 0 Å². The van der Waals surface area contributed by atoms with Gasteiger partial charge in [0.25, 0.3) is 0 Å². The van der Waals surface area contributed by atoms with Gasteiger partial charge in [-0.3, -0.25) is 4.79 Å². The Morgan fingerprint density at radius 2 is 2.23 bits per heavy atom. The predicted molar refractivity (Wildman–Crippen MR) is 55.2 cm³/mol. The van der Waals surface area contributed by atoms with E-state index in [0.717, 1.165) is 12.2 Å². The third-order valence-electron chi connectivity index (χ3n) is 2.12. The van der Waals surface area contributed by atoms with Crippen LogP contribution < -0.4 is 4.90 Å². The molecule has 0 aromatic heterocycles. The molecule has 0 saturated heterocycles. The van der Waals surface area contributed by atoms with Crippen molar-refractivity contribution < 1.29 is 4.79 Å². The fraction of sp³-hybridized carbons (Fsp3) is 0.300. The second kappa shape index (κ2) is 3.42. The van der Waals surface area contributed by atoms with Crippen LogP contribution in [0.4, 0.5) is 5.69 Å². The highest BCUT2D eigenvalue weighted by molar-refractivity contribution is 8.00. The lowest BCUT2D eigenvalue weighted by Crippen LogP contribution is -2.34. The highest BCUT2D eigenvalue weighted by Crippen LogP contribution is 2.34. The van der Waals surface area contributed by atoms with Crippen molar-refractivity contribution >= 4 is 23.4 Å². The monoisotopic (exact) mass is 193 g/mol. The zero-order valence-corrected chi connectivity index (χ0v) is 8.30. The maximum atomic E-state index is 11.5. The van der Waals surface area contributed by atoms with Gasteiger partial charge >= 0.3 is 0 Å². The average Bonchev–Trinajstić information content (AvgIpc) is 2.18. The molecule has 0 fully saturated rings. The molecular formula is C10H11NOS. The van der Waals surface area contributed by atoms with E-state index in [1.807, 2.05) is 30.0 Å². The van der Waals surface area contributed by atoms with Crippen LogP contribution >= 0.6 is 11.8 Å².